The van der Waals surface area contributed by atoms with Crippen LogP contribution >= 0.6 is 11.8 Å². The maximum atomic E-state index is 11.8. The second-order valence-corrected chi connectivity index (χ2v) is 4.24. The topological polar surface area (TPSA) is 42.0 Å². The number of carbonyl (C=O) groups is 1. The van der Waals surface area contributed by atoms with Gasteiger partial charge < -0.3 is 5.32 Å². The van der Waals surface area contributed by atoms with Crippen molar-refractivity contribution in [1.29, 1.82) is 0 Å². The molecule has 0 atom stereocenters. The Hall–Kier alpha value is -1.24. The number of aromatic nitrogens is 1. The first-order valence-electron chi connectivity index (χ1n) is 4.89. The molecule has 3 nitrogen and oxygen atoms in total. The van der Waals surface area contributed by atoms with E-state index in [0.717, 1.165) is 5.03 Å². The number of thioether (sulfide) groups is 1. The molecule has 1 aromatic rings. The lowest BCUT2D eigenvalue weighted by molar-refractivity contribution is -0.173. The van der Waals surface area contributed by atoms with Crippen molar-refractivity contribution < 1.29 is 18.0 Å². The third kappa shape index (κ3) is 5.58. The van der Waals surface area contributed by atoms with E-state index < -0.39 is 12.1 Å². The van der Waals surface area contributed by atoms with Crippen LogP contribution in [0.4, 0.5) is 13.2 Å². The van der Waals surface area contributed by atoms with Gasteiger partial charge in [0.25, 0.3) is 0 Å². The summed E-state index contributed by atoms with van der Waals surface area (Å²) in [6.07, 6.45) is -2.69. The molecule has 0 spiro atoms. The van der Waals surface area contributed by atoms with Crippen molar-refractivity contribution in [2.24, 2.45) is 0 Å². The minimum Gasteiger partial charge on any atom is -0.348 e. The van der Waals surface area contributed by atoms with Gasteiger partial charge in [-0.05, 0) is 18.6 Å². The number of alkyl halides is 3. The van der Waals surface area contributed by atoms with Gasteiger partial charge in [-0.2, -0.15) is 13.2 Å². The van der Waals surface area contributed by atoms with Crippen LogP contribution in [-0.4, -0.2) is 29.4 Å². The van der Waals surface area contributed by atoms with Crippen molar-refractivity contribution in [2.75, 3.05) is 12.3 Å². The fourth-order valence-corrected chi connectivity index (χ4v) is 1.79. The quantitative estimate of drug-likeness (QED) is 0.655. The zero-order chi connectivity index (χ0) is 12.7. The first kappa shape index (κ1) is 13.8. The van der Waals surface area contributed by atoms with Crippen LogP contribution in [0.25, 0.3) is 0 Å². The Morgan fingerprint density at radius 2 is 2.18 bits per heavy atom. The molecular formula is C10H11F3N2OS. The summed E-state index contributed by atoms with van der Waals surface area (Å²) in [5.74, 6) is -1.28. The van der Waals surface area contributed by atoms with Crippen LogP contribution in [0.5, 0.6) is 0 Å². The Morgan fingerprint density at radius 1 is 1.41 bits per heavy atom. The number of hydrogen-bond acceptors (Lipinski definition) is 3. The third-order valence-corrected chi connectivity index (χ3v) is 2.78. The largest absolute Gasteiger partial charge is 0.471 e. The van der Waals surface area contributed by atoms with Gasteiger partial charge in [0.15, 0.2) is 0 Å². The summed E-state index contributed by atoms with van der Waals surface area (Å²) >= 11 is 1.44. The Balaban J connectivity index is 2.12. The van der Waals surface area contributed by atoms with Crippen LogP contribution in [0, 0.1) is 0 Å². The lowest BCUT2D eigenvalue weighted by Crippen LogP contribution is -2.37. The fourth-order valence-electron chi connectivity index (χ4n) is 0.984. The first-order chi connectivity index (χ1) is 8.00. The van der Waals surface area contributed by atoms with Crippen LogP contribution in [0.2, 0.25) is 0 Å². The van der Waals surface area contributed by atoms with E-state index in [2.05, 4.69) is 4.98 Å². The number of hydrogen-bond donors (Lipinski definition) is 1. The maximum Gasteiger partial charge on any atom is 0.471 e. The average Bonchev–Trinajstić information content (AvgIpc) is 2.28. The Morgan fingerprint density at radius 3 is 2.76 bits per heavy atom. The molecule has 1 N–H and O–H groups in total. The maximum absolute atomic E-state index is 11.8. The molecule has 0 fully saturated rings. The normalized spacial score (nSPS) is 11.2. The lowest BCUT2D eigenvalue weighted by Gasteiger charge is -2.07. The standard InChI is InChI=1S/C10H11F3N2OS/c11-10(12,13)9(16)15-6-3-7-17-8-4-1-2-5-14-8/h1-2,4-5H,3,6-7H2,(H,15,16). The summed E-state index contributed by atoms with van der Waals surface area (Å²) in [6.45, 7) is 0.0121. The van der Waals surface area contributed by atoms with Crippen LogP contribution in [-0.2, 0) is 4.79 Å². The minimum atomic E-state index is -4.80. The van der Waals surface area contributed by atoms with E-state index >= 15 is 0 Å². The van der Waals surface area contributed by atoms with Crippen LogP contribution in [0.15, 0.2) is 29.4 Å². The number of halogens is 3. The summed E-state index contributed by atoms with van der Waals surface area (Å²) in [6, 6.07) is 5.44. The Kier molecular flexibility index (Phi) is 5.27. The van der Waals surface area contributed by atoms with Gasteiger partial charge in [-0.3, -0.25) is 4.79 Å². The van der Waals surface area contributed by atoms with E-state index in [1.165, 1.54) is 11.8 Å². The summed E-state index contributed by atoms with van der Waals surface area (Å²) in [5.41, 5.74) is 0. The molecule has 1 rings (SSSR count). The van der Waals surface area contributed by atoms with Crippen molar-refractivity contribution in [1.82, 2.24) is 10.3 Å². The molecule has 0 aliphatic rings. The predicted octanol–water partition coefficient (Wildman–Crippen LogP) is 2.24. The monoisotopic (exact) mass is 264 g/mol. The molecule has 0 bridgehead atoms. The molecule has 17 heavy (non-hydrogen) atoms. The Bertz CT molecular complexity index is 356. The molecule has 1 heterocycles. The van der Waals surface area contributed by atoms with E-state index in [9.17, 15) is 18.0 Å². The highest BCUT2D eigenvalue weighted by atomic mass is 32.2. The van der Waals surface area contributed by atoms with Gasteiger partial charge in [0.2, 0.25) is 0 Å². The molecule has 1 aromatic heterocycles. The molecule has 7 heteroatoms. The molecule has 0 saturated heterocycles. The number of nitrogens with one attached hydrogen (secondary N) is 1. The summed E-state index contributed by atoms with van der Waals surface area (Å²) in [5, 5.41) is 2.63. The van der Waals surface area contributed by atoms with E-state index in [0.29, 0.717) is 12.2 Å². The minimum absolute atomic E-state index is 0.0121. The SMILES string of the molecule is O=C(NCCCSc1ccccn1)C(F)(F)F. The number of amides is 1. The Labute approximate surface area is 101 Å². The lowest BCUT2D eigenvalue weighted by atomic mass is 10.4. The van der Waals surface area contributed by atoms with Gasteiger partial charge in [0.1, 0.15) is 0 Å². The van der Waals surface area contributed by atoms with Crippen molar-refractivity contribution in [3.63, 3.8) is 0 Å². The number of pyridine rings is 1. The van der Waals surface area contributed by atoms with Gasteiger partial charge in [-0.15, -0.1) is 11.8 Å². The predicted molar refractivity (Wildman–Crippen MR) is 58.6 cm³/mol. The van der Waals surface area contributed by atoms with Crippen molar-refractivity contribution in [3.8, 4) is 0 Å². The van der Waals surface area contributed by atoms with Crippen LogP contribution in [0.1, 0.15) is 6.42 Å². The molecule has 0 radical (unpaired) electrons. The van der Waals surface area contributed by atoms with Crippen LogP contribution in [0.3, 0.4) is 0 Å². The van der Waals surface area contributed by atoms with E-state index in [1.54, 1.807) is 12.3 Å². The number of nitrogens with zero attached hydrogens (tertiary/aromatic N) is 1. The number of carbonyl (C=O) groups excluding carboxylic acids is 1. The van der Waals surface area contributed by atoms with Gasteiger partial charge in [0.05, 0.1) is 5.03 Å². The molecule has 0 unspecified atom stereocenters. The second-order valence-electron chi connectivity index (χ2n) is 3.12. The summed E-state index contributed by atoms with van der Waals surface area (Å²) < 4.78 is 35.4. The van der Waals surface area contributed by atoms with Crippen molar-refractivity contribution in [2.45, 2.75) is 17.6 Å². The van der Waals surface area contributed by atoms with Gasteiger partial charge >= 0.3 is 12.1 Å². The average molecular weight is 264 g/mol. The van der Waals surface area contributed by atoms with Gasteiger partial charge in [0, 0.05) is 18.5 Å². The van der Waals surface area contributed by atoms with Gasteiger partial charge in [-0.25, -0.2) is 4.98 Å². The smallest absolute Gasteiger partial charge is 0.348 e. The molecule has 0 aromatic carbocycles. The molecule has 0 aliphatic carbocycles. The second kappa shape index (κ2) is 6.48. The number of rotatable bonds is 5. The summed E-state index contributed by atoms with van der Waals surface area (Å²) in [7, 11) is 0. The first-order valence-corrected chi connectivity index (χ1v) is 5.87. The summed E-state index contributed by atoms with van der Waals surface area (Å²) in [4.78, 5) is 14.5. The molecule has 0 saturated carbocycles. The fraction of sp³-hybridized carbons (Fsp3) is 0.400. The third-order valence-electron chi connectivity index (χ3n) is 1.75. The van der Waals surface area contributed by atoms with Crippen molar-refractivity contribution >= 4 is 17.7 Å². The highest BCUT2D eigenvalue weighted by Gasteiger charge is 2.38. The molecule has 0 aliphatic heterocycles. The van der Waals surface area contributed by atoms with E-state index in [4.69, 9.17) is 0 Å². The highest BCUT2D eigenvalue weighted by molar-refractivity contribution is 7.99. The van der Waals surface area contributed by atoms with Gasteiger partial charge in [-0.1, -0.05) is 6.07 Å². The zero-order valence-corrected chi connectivity index (χ0v) is 9.64. The molecule has 1 amide bonds. The molecule has 94 valence electrons. The van der Waals surface area contributed by atoms with E-state index in [-0.39, 0.29) is 6.54 Å². The van der Waals surface area contributed by atoms with E-state index in [1.807, 2.05) is 17.4 Å². The zero-order valence-electron chi connectivity index (χ0n) is 8.83. The molecular weight excluding hydrogens is 253 g/mol. The highest BCUT2D eigenvalue weighted by Crippen LogP contribution is 2.15. The van der Waals surface area contributed by atoms with Crippen molar-refractivity contribution in [3.05, 3.63) is 24.4 Å². The van der Waals surface area contributed by atoms with Crippen LogP contribution < -0.4 is 5.32 Å².